The Balaban J connectivity index is 1.30. The van der Waals surface area contributed by atoms with Crippen molar-refractivity contribution in [3.63, 3.8) is 0 Å². The van der Waals surface area contributed by atoms with Crippen LogP contribution < -0.4 is 15.0 Å². The number of benzene rings is 2. The average Bonchev–Trinajstić information content (AvgIpc) is 3.08. The van der Waals surface area contributed by atoms with Gasteiger partial charge in [-0.25, -0.2) is 0 Å². The van der Waals surface area contributed by atoms with Crippen LogP contribution in [-0.2, 0) is 31.4 Å². The Morgan fingerprint density at radius 1 is 1.02 bits per heavy atom. The molecule has 1 saturated heterocycles. The van der Waals surface area contributed by atoms with Gasteiger partial charge >= 0.3 is 0 Å². The summed E-state index contributed by atoms with van der Waals surface area (Å²) in [7, 11) is 5.18. The minimum absolute atomic E-state index is 0.00902. The number of carbonyl (C=O) groups is 1. The predicted octanol–water partition coefficient (Wildman–Crippen LogP) is 6.33. The normalized spacial score (nSPS) is 18.8. The quantitative estimate of drug-likeness (QED) is 0.203. The molecule has 1 fully saturated rings. The first kappa shape index (κ1) is 36.9. The van der Waals surface area contributed by atoms with Crippen LogP contribution >= 0.6 is 0 Å². The summed E-state index contributed by atoms with van der Waals surface area (Å²) in [6.45, 7) is 19.1. The molecule has 2 atom stereocenters. The lowest BCUT2D eigenvalue weighted by Gasteiger charge is -2.41. The van der Waals surface area contributed by atoms with Crippen LogP contribution in [0.2, 0.25) is 0 Å². The maximum absolute atomic E-state index is 13.4. The molecule has 9 nitrogen and oxygen atoms in total. The zero-order chi connectivity index (χ0) is 36.5. The fraction of sp³-hybridized carbons (Fsp3) is 0.488. The van der Waals surface area contributed by atoms with Gasteiger partial charge in [0.25, 0.3) is 11.5 Å². The van der Waals surface area contributed by atoms with Gasteiger partial charge in [-0.05, 0) is 79.5 Å². The molecule has 0 spiro atoms. The number of carbonyl (C=O) groups excluding carboxylic acids is 1. The third kappa shape index (κ3) is 7.52. The van der Waals surface area contributed by atoms with E-state index in [1.54, 1.807) is 31.9 Å². The first-order chi connectivity index (χ1) is 23.7. The Labute approximate surface area is 297 Å². The molecule has 50 heavy (non-hydrogen) atoms. The highest BCUT2D eigenvalue weighted by atomic mass is 16.5. The number of allylic oxidation sites excluding steroid dienone is 1. The van der Waals surface area contributed by atoms with E-state index < -0.39 is 0 Å². The second-order valence-electron chi connectivity index (χ2n) is 15.1. The van der Waals surface area contributed by atoms with E-state index in [-0.39, 0.29) is 28.5 Å². The number of hydrogen-bond acceptors (Lipinski definition) is 7. The lowest BCUT2D eigenvalue weighted by molar-refractivity contribution is -0.129. The van der Waals surface area contributed by atoms with Gasteiger partial charge in [0.1, 0.15) is 23.1 Å². The van der Waals surface area contributed by atoms with Crippen molar-refractivity contribution in [2.24, 2.45) is 12.5 Å². The van der Waals surface area contributed by atoms with E-state index in [2.05, 4.69) is 60.0 Å². The molecular weight excluding hydrogens is 626 g/mol. The molecule has 5 rings (SSSR count). The largest absolute Gasteiger partial charge is 0.496 e. The third-order valence-corrected chi connectivity index (χ3v) is 10.5. The minimum Gasteiger partial charge on any atom is -0.496 e. The molecule has 266 valence electrons. The van der Waals surface area contributed by atoms with Crippen molar-refractivity contribution in [3.8, 4) is 28.7 Å². The van der Waals surface area contributed by atoms with Gasteiger partial charge in [-0.1, -0.05) is 45.0 Å². The van der Waals surface area contributed by atoms with Crippen molar-refractivity contribution in [2.45, 2.75) is 80.1 Å². The number of ether oxygens (including phenoxy) is 2. The Kier molecular flexibility index (Phi) is 10.9. The summed E-state index contributed by atoms with van der Waals surface area (Å²) in [5, 5.41) is 9.77. The average molecular weight is 680 g/mol. The molecule has 1 aromatic heterocycles. The van der Waals surface area contributed by atoms with Crippen LogP contribution in [-0.4, -0.2) is 71.6 Å². The number of fused-ring (bicyclic) bond motifs is 1. The molecule has 2 aromatic carbocycles. The van der Waals surface area contributed by atoms with E-state index in [1.165, 1.54) is 16.7 Å². The van der Waals surface area contributed by atoms with Crippen LogP contribution in [0.5, 0.6) is 11.5 Å². The number of amides is 1. The second kappa shape index (κ2) is 14.8. The topological polar surface area (TPSA) is 91.0 Å². The Bertz CT molecular complexity index is 1870. The molecular formula is C41H53N5O4. The molecule has 0 N–H and O–H groups in total. The van der Waals surface area contributed by atoms with Gasteiger partial charge in [-0.3, -0.25) is 19.4 Å². The van der Waals surface area contributed by atoms with Gasteiger partial charge < -0.3 is 18.9 Å². The molecule has 0 aliphatic carbocycles. The maximum Gasteiger partial charge on any atom is 0.264 e. The molecule has 0 radical (unpaired) electrons. The van der Waals surface area contributed by atoms with Gasteiger partial charge in [-0.2, -0.15) is 5.26 Å². The number of aromatic nitrogens is 1. The van der Waals surface area contributed by atoms with E-state index >= 15 is 0 Å². The summed E-state index contributed by atoms with van der Waals surface area (Å²) in [4.78, 5) is 32.8. The Morgan fingerprint density at radius 2 is 1.70 bits per heavy atom. The minimum atomic E-state index is -0.252. The number of piperazine rings is 1. The van der Waals surface area contributed by atoms with E-state index in [9.17, 15) is 14.9 Å². The van der Waals surface area contributed by atoms with Gasteiger partial charge in [0, 0.05) is 69.7 Å². The van der Waals surface area contributed by atoms with Crippen molar-refractivity contribution < 1.29 is 14.3 Å². The van der Waals surface area contributed by atoms with Gasteiger partial charge in [0.05, 0.1) is 25.8 Å². The maximum atomic E-state index is 13.4. The van der Waals surface area contributed by atoms with Crippen molar-refractivity contribution in [3.05, 3.63) is 91.9 Å². The van der Waals surface area contributed by atoms with Gasteiger partial charge in [-0.15, -0.1) is 0 Å². The van der Waals surface area contributed by atoms with Crippen molar-refractivity contribution in [2.75, 3.05) is 40.4 Å². The van der Waals surface area contributed by atoms with Crippen LogP contribution in [0.3, 0.4) is 0 Å². The molecule has 3 aromatic rings. The number of pyridine rings is 1. The standard InChI is InChI=1S/C41H53N5O4/c1-26-22-44(25-36-37(49-9)18-31(19-38(36)50-10)35-24-43(8)39(47)28(3)27(35)2)16-17-45(26)23-30-12-11-13-33-29(4)46(15-14-34(30)33)40(48)32(21-42)20-41(5,6)7/h11-13,18-20,24,26,29H,14-17,22-23,25H2,1-10H3/b32-20+/t26-,29?/m0/s1. The summed E-state index contributed by atoms with van der Waals surface area (Å²) in [5.41, 5.74) is 8.44. The SMILES string of the molecule is COc1cc(-c2cn(C)c(=O)c(C)c2C)cc(OC)c1CN1CCN(Cc2cccc3c2CCN(C(=O)/C(C#N)=C/C(C)(C)C)C3C)[C@@H](C)C1. The number of aryl methyl sites for hydroxylation is 1. The fourth-order valence-corrected chi connectivity index (χ4v) is 7.55. The van der Waals surface area contributed by atoms with Crippen LogP contribution in [0, 0.1) is 30.6 Å². The third-order valence-electron chi connectivity index (χ3n) is 10.5. The number of hydrogen-bond donors (Lipinski definition) is 0. The molecule has 2 aliphatic rings. The summed E-state index contributed by atoms with van der Waals surface area (Å²) in [5.74, 6) is 1.36. The smallest absolute Gasteiger partial charge is 0.264 e. The number of methoxy groups -OCH3 is 2. The predicted molar refractivity (Wildman–Crippen MR) is 198 cm³/mol. The molecule has 9 heteroatoms. The fourth-order valence-electron chi connectivity index (χ4n) is 7.55. The molecule has 0 bridgehead atoms. The summed E-state index contributed by atoms with van der Waals surface area (Å²) in [6, 6.07) is 13.0. The van der Waals surface area contributed by atoms with Crippen LogP contribution in [0.1, 0.15) is 74.0 Å². The van der Waals surface area contributed by atoms with E-state index in [1.807, 2.05) is 45.7 Å². The molecule has 3 heterocycles. The lowest BCUT2D eigenvalue weighted by atomic mass is 9.88. The number of rotatable bonds is 8. The van der Waals surface area contributed by atoms with Gasteiger partial charge in [0.2, 0.25) is 0 Å². The number of nitriles is 1. The van der Waals surface area contributed by atoms with E-state index in [0.717, 1.165) is 71.9 Å². The molecule has 1 unspecified atom stereocenters. The summed E-state index contributed by atoms with van der Waals surface area (Å²) < 4.78 is 13.5. The zero-order valence-electron chi connectivity index (χ0n) is 31.5. The number of nitrogens with zero attached hydrogens (tertiary/aromatic N) is 5. The Morgan fingerprint density at radius 3 is 2.30 bits per heavy atom. The lowest BCUT2D eigenvalue weighted by Crippen LogP contribution is -2.51. The van der Waals surface area contributed by atoms with E-state index in [0.29, 0.717) is 19.1 Å². The molecule has 2 aliphatic heterocycles. The van der Waals surface area contributed by atoms with Crippen LogP contribution in [0.4, 0.5) is 0 Å². The molecule has 0 saturated carbocycles. The van der Waals surface area contributed by atoms with Crippen LogP contribution in [0.25, 0.3) is 11.1 Å². The van der Waals surface area contributed by atoms with E-state index in [4.69, 9.17) is 9.47 Å². The van der Waals surface area contributed by atoms with Crippen molar-refractivity contribution in [1.29, 1.82) is 5.26 Å². The zero-order valence-corrected chi connectivity index (χ0v) is 31.5. The van der Waals surface area contributed by atoms with Crippen molar-refractivity contribution in [1.82, 2.24) is 19.3 Å². The second-order valence-corrected chi connectivity index (χ2v) is 15.1. The van der Waals surface area contributed by atoms with Crippen molar-refractivity contribution >= 4 is 5.91 Å². The first-order valence-electron chi connectivity index (χ1n) is 17.6. The first-order valence-corrected chi connectivity index (χ1v) is 17.6. The highest BCUT2D eigenvalue weighted by Gasteiger charge is 2.32. The summed E-state index contributed by atoms with van der Waals surface area (Å²) >= 11 is 0. The van der Waals surface area contributed by atoms with Crippen LogP contribution in [0.15, 0.2) is 53.0 Å². The molecule has 1 amide bonds. The van der Waals surface area contributed by atoms with Gasteiger partial charge in [0.15, 0.2) is 0 Å². The highest BCUT2D eigenvalue weighted by molar-refractivity contribution is 5.97. The monoisotopic (exact) mass is 679 g/mol. The highest BCUT2D eigenvalue weighted by Crippen LogP contribution is 2.38. The summed E-state index contributed by atoms with van der Waals surface area (Å²) in [6.07, 6.45) is 4.45. The Hall–Kier alpha value is -4.39.